The van der Waals surface area contributed by atoms with Crippen molar-refractivity contribution in [2.45, 2.75) is 0 Å². The van der Waals surface area contributed by atoms with Crippen LogP contribution in [-0.2, 0) is 9.15 Å². The zero-order valence-corrected chi connectivity index (χ0v) is 9.18. The Hall–Kier alpha value is -1.47. The van der Waals surface area contributed by atoms with Crippen LogP contribution in [0.15, 0.2) is 18.2 Å². The van der Waals surface area contributed by atoms with Crippen molar-refractivity contribution in [3.05, 3.63) is 28.3 Å². The number of nitrogens with two attached hydrogens (primary N) is 1. The Morgan fingerprint density at radius 3 is 2.81 bits per heavy atom. The van der Waals surface area contributed by atoms with E-state index in [0.29, 0.717) is 5.69 Å². The molecule has 1 rings (SSSR count). The predicted molar refractivity (Wildman–Crippen MR) is 58.4 cm³/mol. The van der Waals surface area contributed by atoms with Gasteiger partial charge in [-0.1, -0.05) is 0 Å². The molecule has 0 amide bonds. The number of nitro groups is 1. The summed E-state index contributed by atoms with van der Waals surface area (Å²) in [6.45, 7) is 0. The molecule has 0 aromatic heterocycles. The molecule has 4 N–H and O–H groups in total. The normalized spacial score (nSPS) is 12.1. The fourth-order valence-corrected chi connectivity index (χ4v) is 1.13. The lowest BCUT2D eigenvalue weighted by molar-refractivity contribution is -0.384. The highest BCUT2D eigenvalue weighted by Gasteiger charge is 2.10. The van der Waals surface area contributed by atoms with Crippen LogP contribution >= 0.6 is 8.60 Å². The summed E-state index contributed by atoms with van der Waals surface area (Å²) in [6.07, 6.45) is 0. The van der Waals surface area contributed by atoms with E-state index in [0.717, 1.165) is 0 Å². The summed E-state index contributed by atoms with van der Waals surface area (Å²) < 4.78 is 9.12. The van der Waals surface area contributed by atoms with Crippen molar-refractivity contribution in [3.8, 4) is 0 Å². The van der Waals surface area contributed by atoms with Crippen LogP contribution < -0.4 is 11.2 Å². The Kier molecular flexibility index (Phi) is 4.39. The number of hydrogen-bond donors (Lipinski definition) is 3. The van der Waals surface area contributed by atoms with Gasteiger partial charge < -0.3 is 15.2 Å². The smallest absolute Gasteiger partial charge is 0.353 e. The Morgan fingerprint density at radius 2 is 2.31 bits per heavy atom. The maximum atomic E-state index is 10.4. The van der Waals surface area contributed by atoms with Crippen molar-refractivity contribution < 1.29 is 19.0 Å². The lowest BCUT2D eigenvalue weighted by Gasteiger charge is -2.10. The standard InChI is InChI=1S/C7H10N3O5P/c1-14-16(13)15-9-7-3-2-5(10(11)12)4-6(7)8/h2-4,9,13H,8H2,1H3. The molecular formula is C7H10N3O5P. The quantitative estimate of drug-likeness (QED) is 0.311. The first kappa shape index (κ1) is 12.6. The van der Waals surface area contributed by atoms with E-state index in [1.807, 2.05) is 0 Å². The molecular weight excluding hydrogens is 237 g/mol. The Morgan fingerprint density at radius 1 is 1.62 bits per heavy atom. The van der Waals surface area contributed by atoms with Crippen LogP contribution in [-0.4, -0.2) is 16.9 Å². The van der Waals surface area contributed by atoms with Crippen molar-refractivity contribution in [2.24, 2.45) is 0 Å². The number of nitrogen functional groups attached to an aromatic ring is 1. The van der Waals surface area contributed by atoms with E-state index in [4.69, 9.17) is 10.6 Å². The van der Waals surface area contributed by atoms with Gasteiger partial charge in [0.15, 0.2) is 0 Å². The number of nitro benzene ring substituents is 1. The van der Waals surface area contributed by atoms with Gasteiger partial charge in [0.25, 0.3) is 5.69 Å². The number of anilines is 2. The average Bonchev–Trinajstić information content (AvgIpc) is 2.26. The van der Waals surface area contributed by atoms with Crippen molar-refractivity contribution in [1.82, 2.24) is 0 Å². The maximum absolute atomic E-state index is 10.4. The summed E-state index contributed by atoms with van der Waals surface area (Å²) in [5.41, 5.74) is 8.18. The van der Waals surface area contributed by atoms with E-state index in [1.54, 1.807) is 0 Å². The van der Waals surface area contributed by atoms with Crippen molar-refractivity contribution in [1.29, 1.82) is 0 Å². The summed E-state index contributed by atoms with van der Waals surface area (Å²) in [5.74, 6) is 0. The van der Waals surface area contributed by atoms with Gasteiger partial charge in [0.1, 0.15) is 0 Å². The molecule has 0 saturated heterocycles. The predicted octanol–water partition coefficient (Wildman–Crippen LogP) is 1.39. The molecule has 0 radical (unpaired) electrons. The monoisotopic (exact) mass is 247 g/mol. The molecule has 0 bridgehead atoms. The molecule has 88 valence electrons. The van der Waals surface area contributed by atoms with Crippen molar-refractivity contribution in [3.63, 3.8) is 0 Å². The van der Waals surface area contributed by atoms with Gasteiger partial charge in [-0.25, -0.2) is 0 Å². The van der Waals surface area contributed by atoms with Gasteiger partial charge in [-0.2, -0.15) is 4.62 Å². The van der Waals surface area contributed by atoms with Crippen LogP contribution in [0.4, 0.5) is 17.1 Å². The largest absolute Gasteiger partial charge is 0.397 e. The molecule has 0 aliphatic rings. The van der Waals surface area contributed by atoms with E-state index < -0.39 is 13.5 Å². The highest BCUT2D eigenvalue weighted by molar-refractivity contribution is 7.40. The van der Waals surface area contributed by atoms with Crippen LogP contribution in [0.2, 0.25) is 0 Å². The van der Waals surface area contributed by atoms with Crippen LogP contribution in [0, 0.1) is 10.1 Å². The lowest BCUT2D eigenvalue weighted by Crippen LogP contribution is -2.01. The summed E-state index contributed by atoms with van der Waals surface area (Å²) in [6, 6.07) is 3.80. The van der Waals surface area contributed by atoms with Crippen LogP contribution in [0.25, 0.3) is 0 Å². The first-order valence-corrected chi connectivity index (χ1v) is 5.17. The second-order valence-corrected chi connectivity index (χ2v) is 3.67. The molecule has 0 saturated carbocycles. The summed E-state index contributed by atoms with van der Waals surface area (Å²) >= 11 is 0. The van der Waals surface area contributed by atoms with Gasteiger partial charge in [-0.15, -0.1) is 0 Å². The minimum atomic E-state index is -2.04. The summed E-state index contributed by atoms with van der Waals surface area (Å²) in [4.78, 5) is 18.8. The van der Waals surface area contributed by atoms with E-state index in [1.165, 1.54) is 25.3 Å². The minimum absolute atomic E-state index is 0.124. The maximum Gasteiger partial charge on any atom is 0.353 e. The number of rotatable bonds is 5. The molecule has 0 fully saturated rings. The van der Waals surface area contributed by atoms with Gasteiger partial charge in [0.2, 0.25) is 0 Å². The van der Waals surface area contributed by atoms with E-state index in [-0.39, 0.29) is 11.4 Å². The fourth-order valence-electron chi connectivity index (χ4n) is 0.882. The number of non-ortho nitro benzene ring substituents is 1. The molecule has 1 aromatic carbocycles. The molecule has 9 heteroatoms. The van der Waals surface area contributed by atoms with E-state index in [9.17, 15) is 10.1 Å². The molecule has 0 heterocycles. The highest BCUT2D eigenvalue weighted by atomic mass is 31.2. The van der Waals surface area contributed by atoms with Crippen molar-refractivity contribution >= 4 is 25.7 Å². The van der Waals surface area contributed by atoms with Gasteiger partial charge in [-0.05, 0) is 6.07 Å². The molecule has 1 aromatic rings. The highest BCUT2D eigenvalue weighted by Crippen LogP contribution is 2.33. The Bertz CT molecular complexity index is 388. The number of hydrogen-bond acceptors (Lipinski definition) is 7. The van der Waals surface area contributed by atoms with Gasteiger partial charge in [-0.3, -0.25) is 15.6 Å². The zero-order chi connectivity index (χ0) is 12.1. The number of benzene rings is 1. The summed E-state index contributed by atoms with van der Waals surface area (Å²) in [7, 11) is -0.765. The van der Waals surface area contributed by atoms with E-state index in [2.05, 4.69) is 14.6 Å². The van der Waals surface area contributed by atoms with Gasteiger partial charge in [0.05, 0.1) is 16.3 Å². The lowest BCUT2D eigenvalue weighted by atomic mass is 10.2. The second kappa shape index (κ2) is 5.57. The third-order valence-electron chi connectivity index (χ3n) is 1.64. The Balaban J connectivity index is 2.72. The second-order valence-electron chi connectivity index (χ2n) is 2.64. The molecule has 16 heavy (non-hydrogen) atoms. The first-order chi connectivity index (χ1) is 7.54. The third kappa shape index (κ3) is 3.28. The van der Waals surface area contributed by atoms with Crippen LogP contribution in [0.5, 0.6) is 0 Å². The van der Waals surface area contributed by atoms with Gasteiger partial charge in [0, 0.05) is 19.2 Å². The Labute approximate surface area is 92.1 Å². The number of nitrogens with zero attached hydrogens (tertiary/aromatic N) is 1. The van der Waals surface area contributed by atoms with Crippen molar-refractivity contribution in [2.75, 3.05) is 18.3 Å². The topological polar surface area (TPSA) is 120 Å². The first-order valence-electron chi connectivity index (χ1n) is 4.04. The van der Waals surface area contributed by atoms with Gasteiger partial charge >= 0.3 is 8.60 Å². The van der Waals surface area contributed by atoms with E-state index >= 15 is 0 Å². The molecule has 0 aliphatic carbocycles. The summed E-state index contributed by atoms with van der Waals surface area (Å²) in [5, 5.41) is 10.4. The molecule has 1 unspecified atom stereocenters. The average molecular weight is 247 g/mol. The SMILES string of the molecule is COP(O)ONc1ccc([N+](=O)[O-])cc1N. The van der Waals surface area contributed by atoms with Crippen LogP contribution in [0.1, 0.15) is 0 Å². The zero-order valence-electron chi connectivity index (χ0n) is 8.28. The van der Waals surface area contributed by atoms with Crippen LogP contribution in [0.3, 0.4) is 0 Å². The molecule has 8 nitrogen and oxygen atoms in total. The minimum Gasteiger partial charge on any atom is -0.397 e. The molecule has 0 spiro atoms. The third-order valence-corrected chi connectivity index (χ3v) is 2.20. The molecule has 1 atom stereocenters. The number of nitrogens with one attached hydrogen (secondary N) is 1. The molecule has 0 aliphatic heterocycles. The fraction of sp³-hybridized carbons (Fsp3) is 0.143.